The second kappa shape index (κ2) is 11.1. The zero-order chi connectivity index (χ0) is 12.4. The first-order valence-electron chi connectivity index (χ1n) is 4.96. The van der Waals surface area contributed by atoms with Gasteiger partial charge in [-0.15, -0.1) is 12.4 Å². The Morgan fingerprint density at radius 2 is 1.88 bits per heavy atom. The summed E-state index contributed by atoms with van der Waals surface area (Å²) >= 11 is 0. The Morgan fingerprint density at radius 1 is 1.41 bits per heavy atom. The van der Waals surface area contributed by atoms with Crippen molar-refractivity contribution in [1.82, 2.24) is 0 Å². The predicted octanol–water partition coefficient (Wildman–Crippen LogP) is 1.88. The lowest BCUT2D eigenvalue weighted by atomic mass is 10.2. The highest BCUT2D eigenvalue weighted by atomic mass is 35.5. The van der Waals surface area contributed by atoms with Crippen LogP contribution in [0.3, 0.4) is 0 Å². The first-order valence-corrected chi connectivity index (χ1v) is 4.96. The van der Waals surface area contributed by atoms with Gasteiger partial charge in [-0.25, -0.2) is 4.79 Å². The quantitative estimate of drug-likeness (QED) is 0.572. The van der Waals surface area contributed by atoms with Gasteiger partial charge in [0.05, 0.1) is 0 Å². The lowest BCUT2D eigenvalue weighted by Gasteiger charge is -1.91. The van der Waals surface area contributed by atoms with Gasteiger partial charge in [0.25, 0.3) is 0 Å². The Balaban J connectivity index is 0. The van der Waals surface area contributed by atoms with Gasteiger partial charge in [-0.2, -0.15) is 0 Å². The third-order valence-electron chi connectivity index (χ3n) is 1.64. The number of halogens is 1. The molecule has 0 fully saturated rings. The van der Waals surface area contributed by atoms with E-state index < -0.39 is 12.2 Å². The van der Waals surface area contributed by atoms with Crippen LogP contribution in [0.4, 0.5) is 0 Å². The first kappa shape index (κ1) is 18.0. The molecule has 0 heterocycles. The summed E-state index contributed by atoms with van der Waals surface area (Å²) in [4.78, 5) is 10.1. The lowest BCUT2D eigenvalue weighted by Crippen LogP contribution is -2.16. The van der Waals surface area contributed by atoms with Crippen LogP contribution in [0, 0.1) is 0 Å². The van der Waals surface area contributed by atoms with Crippen LogP contribution in [0.5, 0.6) is 0 Å². The molecule has 0 bridgehead atoms. The average molecular weight is 260 g/mol. The summed E-state index contributed by atoms with van der Waals surface area (Å²) in [5, 5.41) is 16.4. The van der Waals surface area contributed by atoms with Crippen molar-refractivity contribution in [3.63, 3.8) is 0 Å². The Kier molecular flexibility index (Phi) is 11.8. The van der Waals surface area contributed by atoms with Gasteiger partial charge in [0.1, 0.15) is 6.23 Å². The van der Waals surface area contributed by atoms with E-state index in [1.807, 2.05) is 37.3 Å². The molecule has 0 amide bonds. The molecule has 0 saturated carbocycles. The maximum absolute atomic E-state index is 10.1. The molecule has 5 heteroatoms. The monoisotopic (exact) mass is 259 g/mol. The van der Waals surface area contributed by atoms with E-state index in [4.69, 9.17) is 15.9 Å². The summed E-state index contributed by atoms with van der Waals surface area (Å²) in [6, 6.07) is 9.31. The minimum Gasteiger partial charge on any atom is -0.478 e. The van der Waals surface area contributed by atoms with E-state index in [2.05, 4.69) is 0 Å². The molecule has 4 nitrogen and oxygen atoms in total. The molecule has 0 saturated heterocycles. The summed E-state index contributed by atoms with van der Waals surface area (Å²) in [5.74, 6) is -0.922. The van der Waals surface area contributed by atoms with Gasteiger partial charge in [0, 0.05) is 6.08 Å². The van der Waals surface area contributed by atoms with Gasteiger partial charge in [0.2, 0.25) is 0 Å². The summed E-state index contributed by atoms with van der Waals surface area (Å²) in [5.41, 5.74) is 5.75. The third kappa shape index (κ3) is 12.6. The molecule has 0 spiro atoms. The number of aliphatic hydroxyl groups excluding tert-OH is 1. The number of carbonyl (C=O) groups is 1. The SMILES string of the molecule is CCC(N)O.Cl.O=C(O)C=Cc1ccccc1. The van der Waals surface area contributed by atoms with E-state index in [1.165, 1.54) is 0 Å². The molecule has 0 radical (unpaired) electrons. The second-order valence-electron chi connectivity index (χ2n) is 3.06. The smallest absolute Gasteiger partial charge is 0.328 e. The zero-order valence-electron chi connectivity index (χ0n) is 9.61. The number of carboxylic acids is 1. The van der Waals surface area contributed by atoms with Crippen LogP contribution >= 0.6 is 12.4 Å². The fourth-order valence-electron chi connectivity index (χ4n) is 0.732. The minimum atomic E-state index is -0.922. The van der Waals surface area contributed by atoms with Crippen molar-refractivity contribution in [3.8, 4) is 0 Å². The number of rotatable bonds is 3. The van der Waals surface area contributed by atoms with Crippen LogP contribution in [0.2, 0.25) is 0 Å². The molecule has 1 aromatic rings. The van der Waals surface area contributed by atoms with Crippen molar-refractivity contribution in [3.05, 3.63) is 42.0 Å². The second-order valence-corrected chi connectivity index (χ2v) is 3.06. The van der Waals surface area contributed by atoms with Crippen molar-refractivity contribution >= 4 is 24.5 Å². The number of aliphatic hydroxyl groups is 1. The number of nitrogens with two attached hydrogens (primary N) is 1. The largest absolute Gasteiger partial charge is 0.478 e. The molecule has 1 unspecified atom stereocenters. The lowest BCUT2D eigenvalue weighted by molar-refractivity contribution is -0.131. The predicted molar refractivity (Wildman–Crippen MR) is 70.8 cm³/mol. The highest BCUT2D eigenvalue weighted by Gasteiger charge is 1.86. The molecule has 0 aliphatic heterocycles. The van der Waals surface area contributed by atoms with E-state index >= 15 is 0 Å². The third-order valence-corrected chi connectivity index (χ3v) is 1.64. The first-order chi connectivity index (χ1) is 7.56. The number of benzene rings is 1. The number of hydrogen-bond acceptors (Lipinski definition) is 3. The van der Waals surface area contributed by atoms with Crippen LogP contribution in [0.1, 0.15) is 18.9 Å². The van der Waals surface area contributed by atoms with Crippen molar-refractivity contribution in [2.45, 2.75) is 19.6 Å². The van der Waals surface area contributed by atoms with Gasteiger partial charge in [-0.3, -0.25) is 0 Å². The van der Waals surface area contributed by atoms with Crippen LogP contribution in [0.15, 0.2) is 36.4 Å². The van der Waals surface area contributed by atoms with Crippen LogP contribution in [-0.2, 0) is 4.79 Å². The molecule has 17 heavy (non-hydrogen) atoms. The summed E-state index contributed by atoms with van der Waals surface area (Å²) in [7, 11) is 0. The average Bonchev–Trinajstić information content (AvgIpc) is 2.28. The maximum Gasteiger partial charge on any atom is 0.328 e. The molecular weight excluding hydrogens is 242 g/mol. The Bertz CT molecular complexity index is 326. The summed E-state index contributed by atoms with van der Waals surface area (Å²) in [6.45, 7) is 1.82. The topological polar surface area (TPSA) is 83.5 Å². The van der Waals surface area contributed by atoms with E-state index in [9.17, 15) is 4.79 Å². The molecule has 0 aromatic heterocycles. The fourth-order valence-corrected chi connectivity index (χ4v) is 0.732. The number of hydrogen-bond donors (Lipinski definition) is 3. The van der Waals surface area contributed by atoms with Crippen molar-refractivity contribution in [1.29, 1.82) is 0 Å². The van der Waals surface area contributed by atoms with Gasteiger partial charge in [0.15, 0.2) is 0 Å². The minimum absolute atomic E-state index is 0. The summed E-state index contributed by atoms with van der Waals surface area (Å²) in [6.07, 6.45) is 2.70. The zero-order valence-corrected chi connectivity index (χ0v) is 10.4. The van der Waals surface area contributed by atoms with Crippen molar-refractivity contribution < 1.29 is 15.0 Å². The van der Waals surface area contributed by atoms with Gasteiger partial charge >= 0.3 is 5.97 Å². The maximum atomic E-state index is 10.1. The molecular formula is C12H18ClNO3. The van der Waals surface area contributed by atoms with Crippen LogP contribution in [-0.4, -0.2) is 22.4 Å². The van der Waals surface area contributed by atoms with Gasteiger partial charge in [-0.05, 0) is 18.1 Å². The standard InChI is InChI=1S/C9H8O2.C3H9NO.ClH/c10-9(11)7-6-8-4-2-1-3-5-8;1-2-3(4)5;/h1-7H,(H,10,11);3,5H,2,4H2,1H3;1H. The Morgan fingerprint density at radius 3 is 2.24 bits per heavy atom. The van der Waals surface area contributed by atoms with E-state index in [-0.39, 0.29) is 12.4 Å². The normalized spacial score (nSPS) is 11.0. The number of aliphatic carboxylic acids is 1. The van der Waals surface area contributed by atoms with Crippen LogP contribution in [0.25, 0.3) is 6.08 Å². The van der Waals surface area contributed by atoms with E-state index in [0.29, 0.717) is 6.42 Å². The summed E-state index contributed by atoms with van der Waals surface area (Å²) < 4.78 is 0. The van der Waals surface area contributed by atoms with E-state index in [0.717, 1.165) is 11.6 Å². The number of carboxylic acid groups (broad SMARTS) is 1. The highest BCUT2D eigenvalue weighted by Crippen LogP contribution is 1.99. The fraction of sp³-hybridized carbons (Fsp3) is 0.250. The highest BCUT2D eigenvalue weighted by molar-refractivity contribution is 5.85. The van der Waals surface area contributed by atoms with Crippen molar-refractivity contribution in [2.75, 3.05) is 0 Å². The Hall–Kier alpha value is -1.36. The van der Waals surface area contributed by atoms with Gasteiger partial charge < -0.3 is 15.9 Å². The Labute approximate surface area is 107 Å². The molecule has 1 aromatic carbocycles. The molecule has 96 valence electrons. The van der Waals surface area contributed by atoms with Gasteiger partial charge in [-0.1, -0.05) is 37.3 Å². The van der Waals surface area contributed by atoms with Crippen LogP contribution < -0.4 is 5.73 Å². The van der Waals surface area contributed by atoms with Crippen molar-refractivity contribution in [2.24, 2.45) is 5.73 Å². The molecule has 1 rings (SSSR count). The molecule has 0 aliphatic rings. The van der Waals surface area contributed by atoms with E-state index in [1.54, 1.807) is 6.08 Å². The molecule has 4 N–H and O–H groups in total. The molecule has 0 aliphatic carbocycles. The molecule has 1 atom stereocenters.